The number of para-hydroxylation sites is 2. The molecule has 3 N–H and O–H groups in total. The number of hydrogen-bond donors (Lipinski definition) is 2. The number of hydrogen-bond acceptors (Lipinski definition) is 4. The smallest absolute Gasteiger partial charge is 0.253 e. The van der Waals surface area contributed by atoms with E-state index in [1.54, 1.807) is 31.4 Å². The summed E-state index contributed by atoms with van der Waals surface area (Å²) in [5.41, 5.74) is 7.71. The summed E-state index contributed by atoms with van der Waals surface area (Å²) in [5.74, 6) is 0.650. The van der Waals surface area contributed by atoms with Crippen LogP contribution in [0.15, 0.2) is 48.5 Å². The number of likely N-dealkylation sites (tertiary alicyclic amines) is 1. The number of nitrogens with one attached hydrogen (secondary N) is 1. The second-order valence-corrected chi connectivity index (χ2v) is 6.70. The van der Waals surface area contributed by atoms with Crippen LogP contribution < -0.4 is 15.8 Å². The molecule has 0 aromatic heterocycles. The van der Waals surface area contributed by atoms with Gasteiger partial charge in [0.1, 0.15) is 5.75 Å². The zero-order valence-corrected chi connectivity index (χ0v) is 15.5. The Morgan fingerprint density at radius 3 is 2.48 bits per heavy atom. The number of nitrogens with two attached hydrogens (primary N) is 1. The number of amides is 2. The Bertz CT molecular complexity index is 814. The largest absolute Gasteiger partial charge is 0.496 e. The minimum absolute atomic E-state index is 0.0485. The molecule has 3 rings (SSSR count). The van der Waals surface area contributed by atoms with Gasteiger partial charge in [0.25, 0.3) is 5.91 Å². The highest BCUT2D eigenvalue weighted by Crippen LogP contribution is 2.20. The number of methoxy groups -OCH3 is 1. The molecule has 2 aromatic carbocycles. The third kappa shape index (κ3) is 4.58. The first-order chi connectivity index (χ1) is 13.1. The van der Waals surface area contributed by atoms with Crippen LogP contribution in [0.3, 0.4) is 0 Å². The number of benzene rings is 2. The van der Waals surface area contributed by atoms with E-state index in [1.807, 2.05) is 29.2 Å². The topological polar surface area (TPSA) is 84.7 Å². The Labute approximate surface area is 159 Å². The number of nitrogens with zero attached hydrogens (tertiary/aromatic N) is 1. The Kier molecular flexibility index (Phi) is 5.96. The fourth-order valence-corrected chi connectivity index (χ4v) is 3.36. The van der Waals surface area contributed by atoms with E-state index in [0.29, 0.717) is 30.8 Å². The Morgan fingerprint density at radius 1 is 1.11 bits per heavy atom. The number of carbonyl (C=O) groups is 2. The van der Waals surface area contributed by atoms with Crippen LogP contribution in [0, 0.1) is 0 Å². The maximum absolute atomic E-state index is 12.6. The van der Waals surface area contributed by atoms with Crippen LogP contribution in [0.2, 0.25) is 0 Å². The van der Waals surface area contributed by atoms with Crippen molar-refractivity contribution in [3.8, 4) is 5.75 Å². The molecule has 2 aromatic rings. The molecular formula is C21H25N3O3. The van der Waals surface area contributed by atoms with Gasteiger partial charge in [-0.1, -0.05) is 30.3 Å². The SMILES string of the molecule is COc1ccccc1CC(=O)N1CCC(NC(=O)c2ccccc2N)CC1. The van der Waals surface area contributed by atoms with Gasteiger partial charge in [0, 0.05) is 30.4 Å². The van der Waals surface area contributed by atoms with Crippen LogP contribution in [0.1, 0.15) is 28.8 Å². The van der Waals surface area contributed by atoms with Gasteiger partial charge in [0.2, 0.25) is 5.91 Å². The first-order valence-electron chi connectivity index (χ1n) is 9.13. The highest BCUT2D eigenvalue weighted by molar-refractivity contribution is 5.99. The first kappa shape index (κ1) is 18.8. The van der Waals surface area contributed by atoms with Gasteiger partial charge < -0.3 is 20.7 Å². The predicted octanol–water partition coefficient (Wildman–Crippen LogP) is 2.24. The lowest BCUT2D eigenvalue weighted by Crippen LogP contribution is -2.47. The summed E-state index contributed by atoms with van der Waals surface area (Å²) in [4.78, 5) is 26.8. The van der Waals surface area contributed by atoms with Crippen molar-refractivity contribution in [1.82, 2.24) is 10.2 Å². The molecule has 6 nitrogen and oxygen atoms in total. The highest BCUT2D eigenvalue weighted by atomic mass is 16.5. The van der Waals surface area contributed by atoms with Crippen molar-refractivity contribution >= 4 is 17.5 Å². The molecule has 0 bridgehead atoms. The Balaban J connectivity index is 1.52. The van der Waals surface area contributed by atoms with Crippen molar-refractivity contribution in [2.75, 3.05) is 25.9 Å². The minimum Gasteiger partial charge on any atom is -0.496 e. The average Bonchev–Trinajstić information content (AvgIpc) is 2.69. The van der Waals surface area contributed by atoms with Crippen LogP contribution in [-0.2, 0) is 11.2 Å². The Morgan fingerprint density at radius 2 is 1.78 bits per heavy atom. The molecule has 0 unspecified atom stereocenters. The van der Waals surface area contributed by atoms with E-state index >= 15 is 0 Å². The zero-order valence-electron chi connectivity index (χ0n) is 15.5. The van der Waals surface area contributed by atoms with Gasteiger partial charge in [-0.15, -0.1) is 0 Å². The van der Waals surface area contributed by atoms with E-state index < -0.39 is 0 Å². The number of anilines is 1. The third-order valence-electron chi connectivity index (χ3n) is 4.92. The molecule has 1 heterocycles. The summed E-state index contributed by atoms with van der Waals surface area (Å²) < 4.78 is 5.32. The third-order valence-corrected chi connectivity index (χ3v) is 4.92. The Hall–Kier alpha value is -3.02. The highest BCUT2D eigenvalue weighted by Gasteiger charge is 2.25. The van der Waals surface area contributed by atoms with Gasteiger partial charge in [-0.25, -0.2) is 0 Å². The first-order valence-corrected chi connectivity index (χ1v) is 9.13. The molecule has 6 heteroatoms. The zero-order chi connectivity index (χ0) is 19.2. The molecule has 2 amide bonds. The fraction of sp³-hybridized carbons (Fsp3) is 0.333. The second-order valence-electron chi connectivity index (χ2n) is 6.70. The van der Waals surface area contributed by atoms with E-state index in [1.165, 1.54) is 0 Å². The van der Waals surface area contributed by atoms with Crippen LogP contribution >= 0.6 is 0 Å². The van der Waals surface area contributed by atoms with Gasteiger partial charge >= 0.3 is 0 Å². The molecule has 0 aliphatic carbocycles. The van der Waals surface area contributed by atoms with Crippen molar-refractivity contribution in [2.24, 2.45) is 0 Å². The summed E-state index contributed by atoms with van der Waals surface area (Å²) in [6, 6.07) is 14.6. The van der Waals surface area contributed by atoms with Gasteiger partial charge in [-0.3, -0.25) is 9.59 Å². The van der Waals surface area contributed by atoms with Crippen LogP contribution in [-0.4, -0.2) is 43.0 Å². The normalized spacial score (nSPS) is 14.6. The number of nitrogen functional groups attached to an aromatic ring is 1. The van der Waals surface area contributed by atoms with Crippen molar-refractivity contribution in [2.45, 2.75) is 25.3 Å². The van der Waals surface area contributed by atoms with Gasteiger partial charge in [0.05, 0.1) is 19.1 Å². The van der Waals surface area contributed by atoms with E-state index in [-0.39, 0.29) is 17.9 Å². The second kappa shape index (κ2) is 8.58. The number of rotatable bonds is 5. The van der Waals surface area contributed by atoms with E-state index in [4.69, 9.17) is 10.5 Å². The number of ether oxygens (including phenoxy) is 1. The number of piperidine rings is 1. The summed E-state index contributed by atoms with van der Waals surface area (Å²) >= 11 is 0. The molecule has 1 aliphatic rings. The van der Waals surface area contributed by atoms with Crippen molar-refractivity contribution in [1.29, 1.82) is 0 Å². The lowest BCUT2D eigenvalue weighted by atomic mass is 10.0. The summed E-state index contributed by atoms with van der Waals surface area (Å²) in [7, 11) is 1.61. The predicted molar refractivity (Wildman–Crippen MR) is 105 cm³/mol. The van der Waals surface area contributed by atoms with Crippen molar-refractivity contribution in [3.63, 3.8) is 0 Å². The number of carbonyl (C=O) groups excluding carboxylic acids is 2. The maximum atomic E-state index is 12.6. The monoisotopic (exact) mass is 367 g/mol. The maximum Gasteiger partial charge on any atom is 0.253 e. The molecule has 27 heavy (non-hydrogen) atoms. The standard InChI is InChI=1S/C21H25N3O3/c1-27-19-9-5-2-6-15(19)14-20(25)24-12-10-16(11-13-24)23-21(26)17-7-3-4-8-18(17)22/h2-9,16H,10-14,22H2,1H3,(H,23,26). The molecule has 0 atom stereocenters. The minimum atomic E-state index is -0.160. The molecule has 0 saturated carbocycles. The molecule has 1 fully saturated rings. The summed E-state index contributed by atoms with van der Waals surface area (Å²) in [6.45, 7) is 1.26. The van der Waals surface area contributed by atoms with E-state index in [2.05, 4.69) is 5.32 Å². The lowest BCUT2D eigenvalue weighted by molar-refractivity contribution is -0.131. The lowest BCUT2D eigenvalue weighted by Gasteiger charge is -2.32. The molecule has 0 spiro atoms. The molecule has 1 saturated heterocycles. The van der Waals surface area contributed by atoms with Crippen LogP contribution in [0.25, 0.3) is 0 Å². The van der Waals surface area contributed by atoms with Crippen molar-refractivity contribution < 1.29 is 14.3 Å². The fourth-order valence-electron chi connectivity index (χ4n) is 3.36. The average molecular weight is 367 g/mol. The summed E-state index contributed by atoms with van der Waals surface area (Å²) in [5, 5.41) is 3.03. The molecular weight excluding hydrogens is 342 g/mol. The van der Waals surface area contributed by atoms with Gasteiger partial charge in [0.15, 0.2) is 0 Å². The summed E-state index contributed by atoms with van der Waals surface area (Å²) in [6.07, 6.45) is 1.79. The molecule has 142 valence electrons. The quantitative estimate of drug-likeness (QED) is 0.794. The van der Waals surface area contributed by atoms with E-state index in [0.717, 1.165) is 24.2 Å². The van der Waals surface area contributed by atoms with Crippen LogP contribution in [0.5, 0.6) is 5.75 Å². The molecule has 0 radical (unpaired) electrons. The van der Waals surface area contributed by atoms with E-state index in [9.17, 15) is 9.59 Å². The van der Waals surface area contributed by atoms with Crippen LogP contribution in [0.4, 0.5) is 5.69 Å². The molecule has 1 aliphatic heterocycles. The van der Waals surface area contributed by atoms with Crippen molar-refractivity contribution in [3.05, 3.63) is 59.7 Å². The van der Waals surface area contributed by atoms with Gasteiger partial charge in [-0.2, -0.15) is 0 Å². The van der Waals surface area contributed by atoms with Gasteiger partial charge in [-0.05, 0) is 31.0 Å².